The van der Waals surface area contributed by atoms with Crippen molar-refractivity contribution in [2.45, 2.75) is 6.92 Å². The van der Waals surface area contributed by atoms with Crippen molar-refractivity contribution >= 4 is 52.2 Å². The number of nitrogens with one attached hydrogen (secondary N) is 1. The highest BCUT2D eigenvalue weighted by molar-refractivity contribution is 7.09. The number of benzene rings is 1. The Balaban J connectivity index is 2.36. The Morgan fingerprint density at radius 1 is 1.36 bits per heavy atom. The van der Waals surface area contributed by atoms with Gasteiger partial charge in [-0.3, -0.25) is 19.3 Å². The molecule has 5 N–H and O–H groups in total. The van der Waals surface area contributed by atoms with Crippen molar-refractivity contribution in [1.82, 2.24) is 9.69 Å². The first kappa shape index (κ1) is 21.6. The maximum absolute atomic E-state index is 13.1. The van der Waals surface area contributed by atoms with E-state index in [1.54, 1.807) is 18.2 Å². The molecule has 11 heteroatoms. The lowest BCUT2D eigenvalue weighted by molar-refractivity contribution is -0.119. The van der Waals surface area contributed by atoms with Crippen LogP contribution in [0.5, 0.6) is 0 Å². The van der Waals surface area contributed by atoms with Crippen molar-refractivity contribution in [2.24, 2.45) is 5.73 Å². The molecule has 0 aliphatic rings. The fourth-order valence-electron chi connectivity index (χ4n) is 2.27. The Kier molecular flexibility index (Phi) is 7.32. The summed E-state index contributed by atoms with van der Waals surface area (Å²) in [6, 6.07) is 4.96. The van der Waals surface area contributed by atoms with E-state index in [1.165, 1.54) is 12.0 Å². The molecule has 1 heterocycles. The predicted octanol–water partition coefficient (Wildman–Crippen LogP) is 1.20. The van der Waals surface area contributed by atoms with Crippen LogP contribution in [0.3, 0.4) is 0 Å². The number of anilines is 2. The van der Waals surface area contributed by atoms with Crippen molar-refractivity contribution < 1.29 is 19.1 Å². The number of rotatable bonds is 8. The Labute approximate surface area is 170 Å². The molecule has 0 spiro atoms. The first-order valence-electron chi connectivity index (χ1n) is 8.14. The summed E-state index contributed by atoms with van der Waals surface area (Å²) in [5.41, 5.74) is 12.0. The number of ether oxygens (including phenoxy) is 1. The lowest BCUT2D eigenvalue weighted by Gasteiger charge is -2.22. The van der Waals surface area contributed by atoms with Crippen molar-refractivity contribution in [1.29, 1.82) is 0 Å². The fourth-order valence-corrected chi connectivity index (χ4v) is 3.20. The Bertz CT molecular complexity index is 902. The highest BCUT2D eigenvalue weighted by atomic mass is 35.5. The number of amides is 3. The number of nitrogens with zero attached hydrogens (tertiary/aromatic N) is 2. The molecule has 0 saturated heterocycles. The standard InChI is InChI=1S/C17H20ClN5O4S/c1-9-3-4-10(7-11(9)18)23(8-12(24)21-5-6-27-2)17(26)15-13(19)14(16(20)25)22-28-15/h3-4,7H,5-6,8,19H2,1-2H3,(H2,20,25)(H,21,24). The third-order valence-electron chi connectivity index (χ3n) is 3.80. The molecule has 0 aliphatic carbocycles. The summed E-state index contributed by atoms with van der Waals surface area (Å²) in [5, 5.41) is 3.08. The predicted molar refractivity (Wildman–Crippen MR) is 108 cm³/mol. The van der Waals surface area contributed by atoms with Gasteiger partial charge in [0.25, 0.3) is 11.8 Å². The minimum Gasteiger partial charge on any atom is -0.395 e. The van der Waals surface area contributed by atoms with Crippen molar-refractivity contribution in [2.75, 3.05) is 37.4 Å². The summed E-state index contributed by atoms with van der Waals surface area (Å²) >= 11 is 6.91. The van der Waals surface area contributed by atoms with Gasteiger partial charge < -0.3 is 21.5 Å². The zero-order valence-corrected chi connectivity index (χ0v) is 16.9. The first-order valence-corrected chi connectivity index (χ1v) is 9.30. The fraction of sp³-hybridized carbons (Fsp3) is 0.294. The molecule has 0 radical (unpaired) electrons. The molecular weight excluding hydrogens is 406 g/mol. The third-order valence-corrected chi connectivity index (χ3v) is 5.06. The summed E-state index contributed by atoms with van der Waals surface area (Å²) in [6.07, 6.45) is 0. The van der Waals surface area contributed by atoms with E-state index in [4.69, 9.17) is 27.8 Å². The summed E-state index contributed by atoms with van der Waals surface area (Å²) in [4.78, 5) is 37.9. The lowest BCUT2D eigenvalue weighted by atomic mass is 10.2. The number of carbonyl (C=O) groups is 3. The average molecular weight is 426 g/mol. The second-order valence-corrected chi connectivity index (χ2v) is 6.99. The van der Waals surface area contributed by atoms with Crippen molar-refractivity contribution in [3.05, 3.63) is 39.4 Å². The van der Waals surface area contributed by atoms with Gasteiger partial charge in [0, 0.05) is 24.4 Å². The van der Waals surface area contributed by atoms with Crippen LogP contribution in [0.2, 0.25) is 5.02 Å². The van der Waals surface area contributed by atoms with Gasteiger partial charge in [0.1, 0.15) is 11.4 Å². The van der Waals surface area contributed by atoms with Gasteiger partial charge in [-0.1, -0.05) is 17.7 Å². The van der Waals surface area contributed by atoms with Gasteiger partial charge in [-0.05, 0) is 36.2 Å². The monoisotopic (exact) mass is 425 g/mol. The van der Waals surface area contributed by atoms with Crippen LogP contribution in [0.25, 0.3) is 0 Å². The summed E-state index contributed by atoms with van der Waals surface area (Å²) in [7, 11) is 1.51. The molecule has 0 fully saturated rings. The van der Waals surface area contributed by atoms with Crippen LogP contribution < -0.4 is 21.7 Å². The van der Waals surface area contributed by atoms with Crippen LogP contribution in [-0.2, 0) is 9.53 Å². The van der Waals surface area contributed by atoms with Gasteiger partial charge in [0.15, 0.2) is 5.69 Å². The molecule has 1 aromatic carbocycles. The molecule has 3 amide bonds. The molecule has 150 valence electrons. The quantitative estimate of drug-likeness (QED) is 0.542. The number of carbonyl (C=O) groups excluding carboxylic acids is 3. The Morgan fingerprint density at radius 3 is 2.64 bits per heavy atom. The number of nitrogen functional groups attached to an aromatic ring is 1. The zero-order valence-electron chi connectivity index (χ0n) is 15.3. The van der Waals surface area contributed by atoms with E-state index >= 15 is 0 Å². The molecule has 0 saturated carbocycles. The first-order chi connectivity index (χ1) is 13.3. The SMILES string of the molecule is COCCNC(=O)CN(C(=O)c1snc(C(N)=O)c1N)c1ccc(C)c(Cl)c1. The number of aryl methyl sites for hydroxylation is 1. The number of nitrogens with two attached hydrogens (primary N) is 2. The Morgan fingerprint density at radius 2 is 2.07 bits per heavy atom. The zero-order chi connectivity index (χ0) is 20.8. The van der Waals surface area contributed by atoms with Gasteiger partial charge in [0.2, 0.25) is 5.91 Å². The number of methoxy groups -OCH3 is 1. The van der Waals surface area contributed by atoms with Gasteiger partial charge in [-0.25, -0.2) is 0 Å². The summed E-state index contributed by atoms with van der Waals surface area (Å²) in [5.74, 6) is -1.83. The summed E-state index contributed by atoms with van der Waals surface area (Å²) < 4.78 is 8.72. The molecule has 2 aromatic rings. The van der Waals surface area contributed by atoms with Crippen LogP contribution >= 0.6 is 23.1 Å². The van der Waals surface area contributed by atoms with Crippen LogP contribution in [0, 0.1) is 6.92 Å². The van der Waals surface area contributed by atoms with Gasteiger partial charge >= 0.3 is 0 Å². The molecule has 1 aromatic heterocycles. The highest BCUT2D eigenvalue weighted by Gasteiger charge is 2.27. The van der Waals surface area contributed by atoms with Gasteiger partial charge in [0.05, 0.1) is 12.3 Å². The molecule has 2 rings (SSSR count). The Hall–Kier alpha value is -2.69. The van der Waals surface area contributed by atoms with Crippen LogP contribution in [0.4, 0.5) is 11.4 Å². The molecule has 0 bridgehead atoms. The van der Waals surface area contributed by atoms with E-state index in [2.05, 4.69) is 9.69 Å². The number of aromatic nitrogens is 1. The molecule has 0 atom stereocenters. The number of halogens is 1. The maximum Gasteiger partial charge on any atom is 0.272 e. The minimum atomic E-state index is -0.838. The van der Waals surface area contributed by atoms with E-state index in [1.807, 2.05) is 6.92 Å². The smallest absolute Gasteiger partial charge is 0.272 e. The van der Waals surface area contributed by atoms with E-state index in [-0.39, 0.29) is 22.8 Å². The molecular formula is C17H20ClN5O4S. The number of hydrogen-bond donors (Lipinski definition) is 3. The third kappa shape index (κ3) is 4.97. The van der Waals surface area contributed by atoms with E-state index in [0.717, 1.165) is 17.1 Å². The normalized spacial score (nSPS) is 10.5. The average Bonchev–Trinajstić information content (AvgIpc) is 3.03. The van der Waals surface area contributed by atoms with Crippen LogP contribution in [-0.4, -0.2) is 48.9 Å². The van der Waals surface area contributed by atoms with Crippen LogP contribution in [0.1, 0.15) is 25.7 Å². The molecule has 9 nitrogen and oxygen atoms in total. The van der Waals surface area contributed by atoms with E-state index in [0.29, 0.717) is 23.9 Å². The maximum atomic E-state index is 13.1. The second-order valence-electron chi connectivity index (χ2n) is 5.81. The highest BCUT2D eigenvalue weighted by Crippen LogP contribution is 2.28. The largest absolute Gasteiger partial charge is 0.395 e. The van der Waals surface area contributed by atoms with E-state index < -0.39 is 17.7 Å². The molecule has 0 unspecified atom stereocenters. The van der Waals surface area contributed by atoms with Gasteiger partial charge in [-0.15, -0.1) is 0 Å². The number of primary amides is 1. The summed E-state index contributed by atoms with van der Waals surface area (Å²) in [6.45, 7) is 2.15. The second kappa shape index (κ2) is 9.49. The number of hydrogen-bond acceptors (Lipinski definition) is 7. The lowest BCUT2D eigenvalue weighted by Crippen LogP contribution is -2.41. The molecule has 0 aliphatic heterocycles. The van der Waals surface area contributed by atoms with Crippen molar-refractivity contribution in [3.63, 3.8) is 0 Å². The van der Waals surface area contributed by atoms with E-state index in [9.17, 15) is 14.4 Å². The topological polar surface area (TPSA) is 141 Å². The van der Waals surface area contributed by atoms with Crippen LogP contribution in [0.15, 0.2) is 18.2 Å². The van der Waals surface area contributed by atoms with Crippen molar-refractivity contribution in [3.8, 4) is 0 Å². The minimum absolute atomic E-state index is 0.00943. The molecule has 28 heavy (non-hydrogen) atoms. The van der Waals surface area contributed by atoms with Gasteiger partial charge in [-0.2, -0.15) is 4.37 Å².